The first-order chi connectivity index (χ1) is 12.7. The van der Waals surface area contributed by atoms with Gasteiger partial charge in [0.15, 0.2) is 9.84 Å². The topological polar surface area (TPSA) is 84.4 Å². The van der Waals surface area contributed by atoms with Gasteiger partial charge in [-0.05, 0) is 51.5 Å². The molecule has 1 atom stereocenters. The highest BCUT2D eigenvalue weighted by molar-refractivity contribution is 7.91. The third-order valence-electron chi connectivity index (χ3n) is 4.44. The zero-order valence-corrected chi connectivity index (χ0v) is 17.0. The van der Waals surface area contributed by atoms with Gasteiger partial charge >= 0.3 is 0 Å². The maximum absolute atomic E-state index is 11.8. The number of nitrogens with zero attached hydrogens (tertiary/aromatic N) is 3. The Bertz CT molecular complexity index is 898. The third-order valence-corrected chi connectivity index (χ3v) is 6.19. The molecule has 0 radical (unpaired) electrons. The summed E-state index contributed by atoms with van der Waals surface area (Å²) in [6, 6.07) is 9.48. The zero-order chi connectivity index (χ0) is 19.6. The van der Waals surface area contributed by atoms with Crippen LogP contribution in [0.1, 0.15) is 26.1 Å². The van der Waals surface area contributed by atoms with Crippen LogP contribution in [0.15, 0.2) is 30.3 Å². The first-order valence-corrected chi connectivity index (χ1v) is 10.9. The van der Waals surface area contributed by atoms with Gasteiger partial charge < -0.3 is 15.0 Å². The van der Waals surface area contributed by atoms with Crippen molar-refractivity contribution in [3.8, 4) is 5.75 Å². The van der Waals surface area contributed by atoms with E-state index in [1.54, 1.807) is 0 Å². The lowest BCUT2D eigenvalue weighted by molar-refractivity contribution is 0.242. The van der Waals surface area contributed by atoms with Crippen LogP contribution in [-0.4, -0.2) is 49.1 Å². The summed E-state index contributed by atoms with van der Waals surface area (Å²) in [5.41, 5.74) is 0.890. The quantitative estimate of drug-likeness (QED) is 0.812. The Labute approximate surface area is 160 Å². The van der Waals surface area contributed by atoms with Crippen LogP contribution in [0.2, 0.25) is 0 Å². The molecule has 2 aromatic rings. The molecule has 0 spiro atoms. The molecule has 1 aliphatic heterocycles. The fourth-order valence-electron chi connectivity index (χ4n) is 3.10. The van der Waals surface area contributed by atoms with Crippen molar-refractivity contribution in [2.75, 3.05) is 28.8 Å². The molecule has 146 valence electrons. The molecule has 1 N–H and O–H groups in total. The molecule has 1 saturated heterocycles. The molecule has 1 fully saturated rings. The number of hydrogen-bond acceptors (Lipinski definition) is 7. The molecular formula is C19H26N4O3S. The van der Waals surface area contributed by atoms with Crippen LogP contribution >= 0.6 is 0 Å². The van der Waals surface area contributed by atoms with E-state index in [9.17, 15) is 8.42 Å². The number of sulfone groups is 1. The van der Waals surface area contributed by atoms with Crippen molar-refractivity contribution in [2.45, 2.75) is 39.3 Å². The van der Waals surface area contributed by atoms with Crippen molar-refractivity contribution < 1.29 is 13.2 Å². The van der Waals surface area contributed by atoms with Crippen LogP contribution in [0.5, 0.6) is 5.75 Å². The molecule has 0 saturated carbocycles. The Morgan fingerprint density at radius 1 is 1.22 bits per heavy atom. The number of anilines is 3. The molecular weight excluding hydrogens is 364 g/mol. The Morgan fingerprint density at radius 3 is 2.52 bits per heavy atom. The predicted octanol–water partition coefficient (Wildman–Crippen LogP) is 2.94. The minimum atomic E-state index is -2.94. The zero-order valence-electron chi connectivity index (χ0n) is 16.1. The van der Waals surface area contributed by atoms with Gasteiger partial charge in [0.25, 0.3) is 0 Å². The highest BCUT2D eigenvalue weighted by atomic mass is 32.2. The van der Waals surface area contributed by atoms with Crippen molar-refractivity contribution in [3.63, 3.8) is 0 Å². The maximum atomic E-state index is 11.8. The standard InChI is InChI=1S/C19H26N4O3S/c1-13(2)26-17-7-5-15(6-8-17)22-18-11-19(21-14(3)20-18)23(4)16-9-10-27(24,25)12-16/h5-8,11,13,16H,9-10,12H2,1-4H3,(H,20,21,22). The molecule has 2 heterocycles. The van der Waals surface area contributed by atoms with Crippen LogP contribution in [0.3, 0.4) is 0 Å². The fraction of sp³-hybridized carbons (Fsp3) is 0.474. The van der Waals surface area contributed by atoms with Gasteiger partial charge in [-0.15, -0.1) is 0 Å². The average Bonchev–Trinajstić information content (AvgIpc) is 2.95. The number of aromatic nitrogens is 2. The van der Waals surface area contributed by atoms with Crippen LogP contribution in [0.25, 0.3) is 0 Å². The molecule has 1 aliphatic rings. The van der Waals surface area contributed by atoms with Crippen LogP contribution in [0, 0.1) is 6.92 Å². The van der Waals surface area contributed by atoms with Crippen LogP contribution in [0.4, 0.5) is 17.3 Å². The van der Waals surface area contributed by atoms with Gasteiger partial charge in [-0.2, -0.15) is 0 Å². The summed E-state index contributed by atoms with van der Waals surface area (Å²) in [6.45, 7) is 5.81. The van der Waals surface area contributed by atoms with Crippen molar-refractivity contribution in [1.82, 2.24) is 9.97 Å². The van der Waals surface area contributed by atoms with Crippen molar-refractivity contribution in [1.29, 1.82) is 0 Å². The first kappa shape index (κ1) is 19.4. The summed E-state index contributed by atoms with van der Waals surface area (Å²) in [6.07, 6.45) is 0.757. The summed E-state index contributed by atoms with van der Waals surface area (Å²) in [7, 11) is -1.06. The van der Waals surface area contributed by atoms with E-state index in [2.05, 4.69) is 15.3 Å². The normalized spacial score (nSPS) is 18.5. The lowest BCUT2D eigenvalue weighted by Crippen LogP contribution is -2.33. The van der Waals surface area contributed by atoms with E-state index in [0.29, 0.717) is 23.9 Å². The predicted molar refractivity (Wildman–Crippen MR) is 108 cm³/mol. The number of aryl methyl sites for hydroxylation is 1. The summed E-state index contributed by atoms with van der Waals surface area (Å²) >= 11 is 0. The van der Waals surface area contributed by atoms with Crippen LogP contribution < -0.4 is 15.0 Å². The number of rotatable bonds is 6. The highest BCUT2D eigenvalue weighted by Gasteiger charge is 2.31. The Kier molecular flexibility index (Phi) is 5.55. The monoisotopic (exact) mass is 390 g/mol. The van der Waals surface area contributed by atoms with Gasteiger partial charge in [-0.3, -0.25) is 0 Å². The Morgan fingerprint density at radius 2 is 1.93 bits per heavy atom. The SMILES string of the molecule is Cc1nc(Nc2ccc(OC(C)C)cc2)cc(N(C)C2CCS(=O)(=O)C2)n1. The number of benzene rings is 1. The van der Waals surface area contributed by atoms with Crippen molar-refractivity contribution in [3.05, 3.63) is 36.2 Å². The fourth-order valence-corrected chi connectivity index (χ4v) is 4.88. The highest BCUT2D eigenvalue weighted by Crippen LogP contribution is 2.25. The molecule has 8 heteroatoms. The minimum Gasteiger partial charge on any atom is -0.491 e. The van der Waals surface area contributed by atoms with Crippen LogP contribution in [-0.2, 0) is 9.84 Å². The number of nitrogens with one attached hydrogen (secondary N) is 1. The molecule has 0 amide bonds. The smallest absolute Gasteiger partial charge is 0.152 e. The Hall–Kier alpha value is -2.35. The second kappa shape index (κ2) is 7.72. The van der Waals surface area contributed by atoms with E-state index in [-0.39, 0.29) is 23.7 Å². The maximum Gasteiger partial charge on any atom is 0.152 e. The molecule has 3 rings (SSSR count). The lowest BCUT2D eigenvalue weighted by Gasteiger charge is -2.25. The van der Waals surface area contributed by atoms with Gasteiger partial charge in [0.05, 0.1) is 17.6 Å². The summed E-state index contributed by atoms with van der Waals surface area (Å²) in [4.78, 5) is 10.8. The van der Waals surface area contributed by atoms with Gasteiger partial charge in [0.1, 0.15) is 23.2 Å². The molecule has 1 aromatic carbocycles. The van der Waals surface area contributed by atoms with E-state index in [1.807, 2.05) is 63.1 Å². The number of ether oxygens (including phenoxy) is 1. The molecule has 0 bridgehead atoms. The van der Waals surface area contributed by atoms with Gasteiger partial charge in [-0.25, -0.2) is 18.4 Å². The first-order valence-electron chi connectivity index (χ1n) is 9.04. The Balaban J connectivity index is 1.75. The molecule has 1 aromatic heterocycles. The van der Waals surface area contributed by atoms with Crippen molar-refractivity contribution >= 4 is 27.2 Å². The van der Waals surface area contributed by atoms with E-state index < -0.39 is 9.84 Å². The number of hydrogen-bond donors (Lipinski definition) is 1. The summed E-state index contributed by atoms with van der Waals surface area (Å²) in [5, 5.41) is 3.28. The minimum absolute atomic E-state index is 0.0513. The molecule has 1 unspecified atom stereocenters. The van der Waals surface area contributed by atoms with Gasteiger partial charge in [-0.1, -0.05) is 0 Å². The summed E-state index contributed by atoms with van der Waals surface area (Å²) < 4.78 is 29.2. The van der Waals surface area contributed by atoms with Crippen molar-refractivity contribution in [2.24, 2.45) is 0 Å². The molecule has 7 nitrogen and oxygen atoms in total. The lowest BCUT2D eigenvalue weighted by atomic mass is 10.2. The molecule has 0 aliphatic carbocycles. The van der Waals surface area contributed by atoms with E-state index in [1.165, 1.54) is 0 Å². The largest absolute Gasteiger partial charge is 0.491 e. The second-order valence-electron chi connectivity index (χ2n) is 7.14. The third kappa shape index (κ3) is 5.09. The average molecular weight is 391 g/mol. The summed E-state index contributed by atoms with van der Waals surface area (Å²) in [5.74, 6) is 3.24. The van der Waals surface area contributed by atoms with E-state index in [4.69, 9.17) is 4.74 Å². The van der Waals surface area contributed by atoms with E-state index >= 15 is 0 Å². The van der Waals surface area contributed by atoms with Gasteiger partial charge in [0.2, 0.25) is 0 Å². The molecule has 27 heavy (non-hydrogen) atoms. The second-order valence-corrected chi connectivity index (χ2v) is 9.37. The van der Waals surface area contributed by atoms with Gasteiger partial charge in [0, 0.05) is 24.8 Å². The van der Waals surface area contributed by atoms with E-state index in [0.717, 1.165) is 11.4 Å².